The molecule has 5 rings (SSSR count). The van der Waals surface area contributed by atoms with Gasteiger partial charge < -0.3 is 10.2 Å². The number of nitrogens with zero attached hydrogens (tertiary/aromatic N) is 1. The van der Waals surface area contributed by atoms with Crippen LogP contribution < -0.4 is 5.32 Å². The molecule has 5 heteroatoms. The summed E-state index contributed by atoms with van der Waals surface area (Å²) in [5.74, 6) is -0.334. The molecule has 1 fully saturated rings. The van der Waals surface area contributed by atoms with Crippen molar-refractivity contribution in [2.75, 3.05) is 6.54 Å². The molecule has 1 saturated carbocycles. The van der Waals surface area contributed by atoms with Gasteiger partial charge in [-0.3, -0.25) is 9.59 Å². The first kappa shape index (κ1) is 21.9. The molecular weight excluding hydrogens is 428 g/mol. The third-order valence-electron chi connectivity index (χ3n) is 7.04. The quantitative estimate of drug-likeness (QED) is 0.520. The van der Waals surface area contributed by atoms with E-state index in [-0.39, 0.29) is 23.9 Å². The predicted octanol–water partition coefficient (Wildman–Crippen LogP) is 5.64. The summed E-state index contributed by atoms with van der Waals surface area (Å²) in [6.07, 6.45) is 5.09. The van der Waals surface area contributed by atoms with E-state index in [0.29, 0.717) is 12.1 Å². The smallest absolute Gasteiger partial charge is 0.254 e. The van der Waals surface area contributed by atoms with E-state index >= 15 is 0 Å². The molecule has 3 aromatic rings. The lowest BCUT2D eigenvalue weighted by Crippen LogP contribution is -2.50. The van der Waals surface area contributed by atoms with Crippen LogP contribution in [-0.2, 0) is 11.2 Å². The lowest BCUT2D eigenvalue weighted by molar-refractivity contribution is -0.124. The Morgan fingerprint density at radius 2 is 1.79 bits per heavy atom. The largest absolute Gasteiger partial charge is 0.355 e. The number of carbonyl (C=O) groups excluding carboxylic acids is 2. The molecule has 0 saturated heterocycles. The molecule has 1 N–H and O–H groups in total. The molecule has 4 nitrogen and oxygen atoms in total. The Labute approximate surface area is 199 Å². The molecule has 1 aliphatic carbocycles. The van der Waals surface area contributed by atoms with Gasteiger partial charge in [-0.05, 0) is 54.8 Å². The number of hydrogen-bond donors (Lipinski definition) is 1. The van der Waals surface area contributed by atoms with Gasteiger partial charge in [-0.15, -0.1) is 11.3 Å². The van der Waals surface area contributed by atoms with E-state index in [1.54, 1.807) is 11.3 Å². The SMILES string of the molecule is Cc1ccc(CCNC(=O)[C@@H]2c3ccccc3C(=O)N(C3CCCC3)[C@@H]2c2cccs2)cc1. The second-order valence-electron chi connectivity index (χ2n) is 9.20. The molecular formula is C28H30N2O2S. The summed E-state index contributed by atoms with van der Waals surface area (Å²) in [5.41, 5.74) is 3.97. The van der Waals surface area contributed by atoms with Gasteiger partial charge in [0.05, 0.1) is 12.0 Å². The number of hydrogen-bond acceptors (Lipinski definition) is 3. The van der Waals surface area contributed by atoms with E-state index in [2.05, 4.69) is 42.6 Å². The lowest BCUT2D eigenvalue weighted by Gasteiger charge is -2.44. The summed E-state index contributed by atoms with van der Waals surface area (Å²) in [6, 6.07) is 20.2. The molecule has 170 valence electrons. The van der Waals surface area contributed by atoms with E-state index in [4.69, 9.17) is 0 Å². The number of carbonyl (C=O) groups is 2. The van der Waals surface area contributed by atoms with E-state index in [9.17, 15) is 9.59 Å². The number of fused-ring (bicyclic) bond motifs is 1. The standard InChI is InChI=1S/C28H30N2O2S/c1-19-12-14-20(15-13-19)16-17-29-27(31)25-22-9-4-5-10-23(22)28(32)30(21-7-2-3-8-21)26(25)24-11-6-18-33-24/h4-6,9-15,18,21,25-26H,2-3,7-8,16-17H2,1H3,(H,29,31)/t25-,26-/m1/s1. The number of thiophene rings is 1. The third-order valence-corrected chi connectivity index (χ3v) is 7.99. The summed E-state index contributed by atoms with van der Waals surface area (Å²) in [6.45, 7) is 2.66. The van der Waals surface area contributed by atoms with Gasteiger partial charge in [-0.25, -0.2) is 0 Å². The predicted molar refractivity (Wildman–Crippen MR) is 133 cm³/mol. The highest BCUT2D eigenvalue weighted by Crippen LogP contribution is 2.47. The number of rotatable bonds is 6. The molecule has 2 aliphatic rings. The fraction of sp³-hybridized carbons (Fsp3) is 0.357. The Hall–Kier alpha value is -2.92. The Morgan fingerprint density at radius 3 is 2.52 bits per heavy atom. The maximum Gasteiger partial charge on any atom is 0.254 e. The van der Waals surface area contributed by atoms with E-state index in [0.717, 1.165) is 42.5 Å². The molecule has 1 aliphatic heterocycles. The second-order valence-corrected chi connectivity index (χ2v) is 10.2. The van der Waals surface area contributed by atoms with Crippen molar-refractivity contribution in [2.45, 2.75) is 57.0 Å². The van der Waals surface area contributed by atoms with Crippen LogP contribution >= 0.6 is 11.3 Å². The van der Waals surface area contributed by atoms with Crippen LogP contribution in [0.25, 0.3) is 0 Å². The summed E-state index contributed by atoms with van der Waals surface area (Å²) in [4.78, 5) is 30.6. The first-order chi connectivity index (χ1) is 16.1. The van der Waals surface area contributed by atoms with Gasteiger partial charge in [0.2, 0.25) is 5.91 Å². The average Bonchev–Trinajstić information content (AvgIpc) is 3.55. The minimum atomic E-state index is -0.406. The molecule has 2 aromatic carbocycles. The molecule has 0 unspecified atom stereocenters. The molecule has 1 aromatic heterocycles. The van der Waals surface area contributed by atoms with Gasteiger partial charge in [0.25, 0.3) is 5.91 Å². The van der Waals surface area contributed by atoms with Gasteiger partial charge in [0.1, 0.15) is 0 Å². The van der Waals surface area contributed by atoms with Crippen molar-refractivity contribution in [3.05, 3.63) is 93.2 Å². The number of amides is 2. The molecule has 2 heterocycles. The molecule has 0 radical (unpaired) electrons. The first-order valence-electron chi connectivity index (χ1n) is 11.9. The van der Waals surface area contributed by atoms with Crippen molar-refractivity contribution < 1.29 is 9.59 Å². The Kier molecular flexibility index (Phi) is 6.32. The fourth-order valence-electron chi connectivity index (χ4n) is 5.37. The highest BCUT2D eigenvalue weighted by Gasteiger charge is 2.47. The highest BCUT2D eigenvalue weighted by atomic mass is 32.1. The number of nitrogens with one attached hydrogen (secondary N) is 1. The van der Waals surface area contributed by atoms with Crippen molar-refractivity contribution in [2.24, 2.45) is 0 Å². The van der Waals surface area contributed by atoms with Crippen LogP contribution in [0.15, 0.2) is 66.0 Å². The monoisotopic (exact) mass is 458 g/mol. The Balaban J connectivity index is 1.46. The van der Waals surface area contributed by atoms with E-state index < -0.39 is 5.92 Å². The van der Waals surface area contributed by atoms with Crippen molar-refractivity contribution >= 4 is 23.2 Å². The van der Waals surface area contributed by atoms with Crippen LogP contribution in [0.4, 0.5) is 0 Å². The van der Waals surface area contributed by atoms with Gasteiger partial charge in [0, 0.05) is 23.0 Å². The van der Waals surface area contributed by atoms with Gasteiger partial charge in [-0.2, -0.15) is 0 Å². The minimum Gasteiger partial charge on any atom is -0.355 e. The van der Waals surface area contributed by atoms with Crippen molar-refractivity contribution in [1.82, 2.24) is 10.2 Å². The zero-order chi connectivity index (χ0) is 22.8. The zero-order valence-electron chi connectivity index (χ0n) is 19.0. The van der Waals surface area contributed by atoms with Gasteiger partial charge in [0.15, 0.2) is 0 Å². The lowest BCUT2D eigenvalue weighted by atomic mass is 9.80. The molecule has 0 spiro atoms. The summed E-state index contributed by atoms with van der Waals surface area (Å²) >= 11 is 1.64. The number of aryl methyl sites for hydroxylation is 1. The van der Waals surface area contributed by atoms with Crippen LogP contribution in [0, 0.1) is 6.92 Å². The Morgan fingerprint density at radius 1 is 1.03 bits per heavy atom. The normalized spacial score (nSPS) is 20.6. The summed E-state index contributed by atoms with van der Waals surface area (Å²) in [7, 11) is 0. The zero-order valence-corrected chi connectivity index (χ0v) is 19.8. The van der Waals surface area contributed by atoms with Crippen LogP contribution in [0.2, 0.25) is 0 Å². The first-order valence-corrected chi connectivity index (χ1v) is 12.8. The van der Waals surface area contributed by atoms with Gasteiger partial charge in [-0.1, -0.05) is 66.9 Å². The maximum absolute atomic E-state index is 13.7. The summed E-state index contributed by atoms with van der Waals surface area (Å²) < 4.78 is 0. The highest BCUT2D eigenvalue weighted by molar-refractivity contribution is 7.10. The molecule has 2 atom stereocenters. The van der Waals surface area contributed by atoms with Crippen LogP contribution in [-0.4, -0.2) is 29.3 Å². The van der Waals surface area contributed by atoms with Gasteiger partial charge >= 0.3 is 0 Å². The second kappa shape index (κ2) is 9.52. The van der Waals surface area contributed by atoms with Crippen LogP contribution in [0.5, 0.6) is 0 Å². The minimum absolute atomic E-state index is 0.00320. The molecule has 0 bridgehead atoms. The summed E-state index contributed by atoms with van der Waals surface area (Å²) in [5, 5.41) is 5.24. The maximum atomic E-state index is 13.7. The van der Waals surface area contributed by atoms with E-state index in [1.807, 2.05) is 40.6 Å². The Bertz CT molecular complexity index is 1120. The average molecular weight is 459 g/mol. The fourth-order valence-corrected chi connectivity index (χ4v) is 6.24. The van der Waals surface area contributed by atoms with Crippen LogP contribution in [0.1, 0.15) is 69.6 Å². The molecule has 2 amide bonds. The molecule has 33 heavy (non-hydrogen) atoms. The van der Waals surface area contributed by atoms with Crippen molar-refractivity contribution in [1.29, 1.82) is 0 Å². The van der Waals surface area contributed by atoms with Crippen molar-refractivity contribution in [3.63, 3.8) is 0 Å². The van der Waals surface area contributed by atoms with E-state index in [1.165, 1.54) is 11.1 Å². The number of benzene rings is 2. The van der Waals surface area contributed by atoms with Crippen molar-refractivity contribution in [3.8, 4) is 0 Å². The van der Waals surface area contributed by atoms with Crippen LogP contribution in [0.3, 0.4) is 0 Å². The topological polar surface area (TPSA) is 49.4 Å². The third kappa shape index (κ3) is 4.34.